The molecule has 0 aliphatic carbocycles. The van der Waals surface area contributed by atoms with Crippen LogP contribution in [0.25, 0.3) is 10.8 Å². The molecule has 0 aliphatic heterocycles. The van der Waals surface area contributed by atoms with E-state index in [1.54, 1.807) is 0 Å². The fourth-order valence-electron chi connectivity index (χ4n) is 2.75. The van der Waals surface area contributed by atoms with Crippen LogP contribution in [0, 0.1) is 0 Å². The Morgan fingerprint density at radius 3 is 1.51 bits per heavy atom. The largest absolute Gasteiger partial charge is 0.393 e. The fourth-order valence-corrected chi connectivity index (χ4v) is 2.75. The highest BCUT2D eigenvalue weighted by Crippen LogP contribution is 2.62. The molecule has 0 spiro atoms. The van der Waals surface area contributed by atoms with Gasteiger partial charge in [0.15, 0.2) is 0 Å². The van der Waals surface area contributed by atoms with Gasteiger partial charge in [-0.3, -0.25) is 4.79 Å². The quantitative estimate of drug-likeness (QED) is 0.311. The lowest BCUT2D eigenvalue weighted by Crippen LogP contribution is -2.74. The van der Waals surface area contributed by atoms with Crippen molar-refractivity contribution in [1.82, 2.24) is 0 Å². The van der Waals surface area contributed by atoms with Gasteiger partial charge in [-0.15, -0.1) is 0 Å². The second-order valence-electron chi connectivity index (χ2n) is 7.39. The Morgan fingerprint density at radius 1 is 0.595 bits per heavy atom. The zero-order valence-electron chi connectivity index (χ0n) is 17.1. The maximum absolute atomic E-state index is 14.0. The van der Waals surface area contributed by atoms with E-state index in [-0.39, 0.29) is 5.39 Å². The maximum Gasteiger partial charge on any atom is 0.393 e. The molecule has 18 heteroatoms. The topological polar surface area (TPSA) is 29.1 Å². The predicted molar refractivity (Wildman–Crippen MR) is 93.2 cm³/mol. The van der Waals surface area contributed by atoms with Crippen LogP contribution in [-0.4, -0.2) is 53.8 Å². The molecule has 2 rings (SSSR count). The molecule has 208 valence electrons. The van der Waals surface area contributed by atoms with Gasteiger partial charge < -0.3 is 5.32 Å². The van der Waals surface area contributed by atoms with Crippen LogP contribution in [0.4, 0.5) is 75.9 Å². The third kappa shape index (κ3) is 4.20. The second-order valence-corrected chi connectivity index (χ2v) is 7.39. The van der Waals surface area contributed by atoms with Crippen LogP contribution in [0.5, 0.6) is 0 Å². The standard InChI is InChI=1S/C19H9F16NO/c20-11(21)13(22,23)15(26,27)17(30,31)19(34,35)18(32,33)16(28,29)14(24,25)12(37)36-10-6-5-8-3-1-2-4-9(8)7-10/h1-7,11H,(H,36,37). The molecule has 0 fully saturated rings. The molecule has 2 nitrogen and oxygen atoms in total. The summed E-state index contributed by atoms with van der Waals surface area (Å²) in [6, 6.07) is 8.08. The summed E-state index contributed by atoms with van der Waals surface area (Å²) < 4.78 is 214. The number of hydrogen-bond acceptors (Lipinski definition) is 1. The SMILES string of the molecule is O=C(Nc1ccc2ccccc2c1)C(F)(F)C(F)(F)C(F)(F)C(F)(F)C(F)(F)C(F)(F)C(F)(F)C(F)F. The Balaban J connectivity index is 2.50. The predicted octanol–water partition coefficient (Wildman–Crippen LogP) is 7.49. The van der Waals surface area contributed by atoms with E-state index in [2.05, 4.69) is 0 Å². The van der Waals surface area contributed by atoms with E-state index in [0.29, 0.717) is 5.39 Å². The van der Waals surface area contributed by atoms with Gasteiger partial charge in [-0.2, -0.15) is 61.5 Å². The van der Waals surface area contributed by atoms with E-state index in [9.17, 15) is 75.0 Å². The van der Waals surface area contributed by atoms with Crippen molar-refractivity contribution in [2.24, 2.45) is 0 Å². The van der Waals surface area contributed by atoms with Gasteiger partial charge in [-0.1, -0.05) is 30.3 Å². The first-order valence-corrected chi connectivity index (χ1v) is 9.14. The molecule has 0 saturated carbocycles. The van der Waals surface area contributed by atoms with Gasteiger partial charge in [-0.05, 0) is 22.9 Å². The zero-order valence-corrected chi connectivity index (χ0v) is 17.1. The van der Waals surface area contributed by atoms with Crippen molar-refractivity contribution in [3.8, 4) is 0 Å². The van der Waals surface area contributed by atoms with E-state index >= 15 is 0 Å². The molecule has 1 N–H and O–H groups in total. The summed E-state index contributed by atoms with van der Waals surface area (Å²) in [7, 11) is 0. The smallest absolute Gasteiger partial charge is 0.321 e. The zero-order chi connectivity index (χ0) is 29.0. The number of halogens is 16. The average molecular weight is 571 g/mol. The van der Waals surface area contributed by atoms with E-state index in [1.807, 2.05) is 0 Å². The lowest BCUT2D eigenvalue weighted by atomic mass is 9.89. The van der Waals surface area contributed by atoms with Gasteiger partial charge in [0.25, 0.3) is 0 Å². The summed E-state index contributed by atoms with van der Waals surface area (Å²) in [6.45, 7) is 0. The number of rotatable bonds is 9. The molecule has 37 heavy (non-hydrogen) atoms. The van der Waals surface area contributed by atoms with Gasteiger partial charge in [-0.25, -0.2) is 8.78 Å². The molecular formula is C19H9F16NO. The number of amides is 1. The number of fused-ring (bicyclic) bond motifs is 1. The molecule has 2 aromatic rings. The van der Waals surface area contributed by atoms with Crippen molar-refractivity contribution in [3.63, 3.8) is 0 Å². The van der Waals surface area contributed by atoms with Crippen LogP contribution in [0.1, 0.15) is 0 Å². The van der Waals surface area contributed by atoms with Gasteiger partial charge in [0, 0.05) is 5.69 Å². The van der Waals surface area contributed by atoms with Gasteiger partial charge in [0.1, 0.15) is 0 Å². The summed E-state index contributed by atoms with van der Waals surface area (Å²) in [5.74, 6) is -59.8. The molecule has 0 aliphatic rings. The van der Waals surface area contributed by atoms with Crippen LogP contribution in [0.3, 0.4) is 0 Å². The number of hydrogen-bond donors (Lipinski definition) is 1. The first kappa shape index (κ1) is 30.3. The molecular weight excluding hydrogens is 562 g/mol. The Hall–Kier alpha value is -2.95. The van der Waals surface area contributed by atoms with Crippen molar-refractivity contribution < 1.29 is 75.0 Å². The van der Waals surface area contributed by atoms with E-state index in [1.165, 1.54) is 24.3 Å². The van der Waals surface area contributed by atoms with E-state index in [4.69, 9.17) is 0 Å². The highest BCUT2D eigenvalue weighted by atomic mass is 19.4. The molecule has 1 amide bonds. The normalized spacial score (nSPS) is 14.8. The summed E-state index contributed by atoms with van der Waals surface area (Å²) >= 11 is 0. The third-order valence-corrected chi connectivity index (χ3v) is 4.96. The van der Waals surface area contributed by atoms with Crippen LogP contribution in [-0.2, 0) is 4.79 Å². The van der Waals surface area contributed by atoms with Crippen molar-refractivity contribution >= 4 is 22.4 Å². The van der Waals surface area contributed by atoms with Gasteiger partial charge in [0.05, 0.1) is 0 Å². The molecule has 0 atom stereocenters. The fraction of sp³-hybridized carbons (Fsp3) is 0.421. The Morgan fingerprint density at radius 2 is 1.03 bits per heavy atom. The molecule has 0 radical (unpaired) electrons. The molecule has 0 saturated heterocycles. The lowest BCUT2D eigenvalue weighted by Gasteiger charge is -2.42. The summed E-state index contributed by atoms with van der Waals surface area (Å²) in [4.78, 5) is 11.6. The van der Waals surface area contributed by atoms with Crippen molar-refractivity contribution in [2.45, 2.75) is 47.9 Å². The molecule has 0 unspecified atom stereocenters. The summed E-state index contributed by atoms with van der Waals surface area (Å²) in [5, 5.41) is 1.38. The minimum atomic E-state index is -8.56. The first-order valence-electron chi connectivity index (χ1n) is 9.14. The second kappa shape index (κ2) is 8.82. The van der Waals surface area contributed by atoms with Crippen LogP contribution in [0.15, 0.2) is 42.5 Å². The minimum Gasteiger partial charge on any atom is -0.321 e. The monoisotopic (exact) mass is 571 g/mol. The number of carbonyl (C=O) groups is 1. The number of alkyl halides is 16. The van der Waals surface area contributed by atoms with Crippen molar-refractivity contribution in [1.29, 1.82) is 0 Å². The number of nitrogens with one attached hydrogen (secondary N) is 1. The van der Waals surface area contributed by atoms with Crippen LogP contribution >= 0.6 is 0 Å². The lowest BCUT2D eigenvalue weighted by molar-refractivity contribution is -0.443. The maximum atomic E-state index is 14.0. The summed E-state index contributed by atoms with van der Waals surface area (Å²) in [6.07, 6.45) is -5.92. The Kier molecular flexibility index (Phi) is 7.21. The minimum absolute atomic E-state index is 0.120. The van der Waals surface area contributed by atoms with E-state index < -0.39 is 59.5 Å². The Bertz CT molecular complexity index is 1160. The Labute approximate surface area is 194 Å². The molecule has 0 bridgehead atoms. The first-order chi connectivity index (χ1) is 16.4. The third-order valence-electron chi connectivity index (χ3n) is 4.96. The van der Waals surface area contributed by atoms with E-state index in [0.717, 1.165) is 23.5 Å². The van der Waals surface area contributed by atoms with Crippen molar-refractivity contribution in [3.05, 3.63) is 42.5 Å². The summed E-state index contributed by atoms with van der Waals surface area (Å²) in [5.41, 5.74) is -0.845. The highest BCUT2D eigenvalue weighted by molar-refractivity contribution is 5.99. The molecule has 2 aromatic carbocycles. The molecule has 0 aromatic heterocycles. The van der Waals surface area contributed by atoms with Gasteiger partial charge >= 0.3 is 53.8 Å². The van der Waals surface area contributed by atoms with Crippen LogP contribution in [0.2, 0.25) is 0 Å². The number of anilines is 1. The van der Waals surface area contributed by atoms with Gasteiger partial charge in [0.2, 0.25) is 0 Å². The number of benzene rings is 2. The van der Waals surface area contributed by atoms with Crippen molar-refractivity contribution in [2.75, 3.05) is 5.32 Å². The number of carbonyl (C=O) groups excluding carboxylic acids is 1. The molecule has 0 heterocycles. The van der Waals surface area contributed by atoms with Crippen LogP contribution < -0.4 is 5.32 Å². The highest BCUT2D eigenvalue weighted by Gasteiger charge is 2.94. The average Bonchev–Trinajstić information content (AvgIpc) is 2.77.